The molecule has 0 N–H and O–H groups in total. The highest BCUT2D eigenvalue weighted by molar-refractivity contribution is 5.77. The highest BCUT2D eigenvalue weighted by Gasteiger charge is 2.38. The van der Waals surface area contributed by atoms with E-state index in [0.717, 1.165) is 6.54 Å². The Morgan fingerprint density at radius 2 is 2.08 bits per heavy atom. The third-order valence-electron chi connectivity index (χ3n) is 2.17. The molecule has 0 aromatic carbocycles. The van der Waals surface area contributed by atoms with Crippen LogP contribution in [0.2, 0.25) is 0 Å². The van der Waals surface area contributed by atoms with Gasteiger partial charge in [-0.15, -0.1) is 0 Å². The molecular formula is C9H17NO2. The Labute approximate surface area is 73.7 Å². The number of hydrogen-bond donors (Lipinski definition) is 0. The van der Waals surface area contributed by atoms with Crippen LogP contribution in [0.25, 0.3) is 0 Å². The molecule has 0 saturated carbocycles. The van der Waals surface area contributed by atoms with Gasteiger partial charge in [-0.05, 0) is 12.5 Å². The van der Waals surface area contributed by atoms with Crippen LogP contribution in [-0.4, -0.2) is 37.1 Å². The standard InChI is InChI=1S/C9H17NO2/c1-9(2,3)7-8(11)12-6-5-10(7)4/h7H,5-6H2,1-4H3. The first-order valence-electron chi connectivity index (χ1n) is 4.30. The first-order chi connectivity index (χ1) is 5.43. The Morgan fingerprint density at radius 1 is 1.50 bits per heavy atom. The van der Waals surface area contributed by atoms with Gasteiger partial charge in [0.1, 0.15) is 12.6 Å². The lowest BCUT2D eigenvalue weighted by Crippen LogP contribution is -2.53. The highest BCUT2D eigenvalue weighted by Crippen LogP contribution is 2.26. The van der Waals surface area contributed by atoms with Gasteiger partial charge in [0.25, 0.3) is 0 Å². The number of carbonyl (C=O) groups is 1. The van der Waals surface area contributed by atoms with Crippen molar-refractivity contribution in [2.75, 3.05) is 20.2 Å². The predicted octanol–water partition coefficient (Wildman–Crippen LogP) is 0.890. The van der Waals surface area contributed by atoms with Crippen molar-refractivity contribution in [1.82, 2.24) is 4.90 Å². The van der Waals surface area contributed by atoms with Crippen molar-refractivity contribution < 1.29 is 9.53 Å². The molecular weight excluding hydrogens is 154 g/mol. The molecule has 1 aliphatic heterocycles. The Kier molecular flexibility index (Phi) is 2.42. The van der Waals surface area contributed by atoms with Crippen LogP contribution in [0, 0.1) is 5.41 Å². The Balaban J connectivity index is 2.77. The highest BCUT2D eigenvalue weighted by atomic mass is 16.5. The van der Waals surface area contributed by atoms with Gasteiger partial charge in [-0.25, -0.2) is 0 Å². The van der Waals surface area contributed by atoms with Gasteiger partial charge in [-0.1, -0.05) is 20.8 Å². The molecule has 0 amide bonds. The van der Waals surface area contributed by atoms with E-state index in [-0.39, 0.29) is 17.4 Å². The van der Waals surface area contributed by atoms with Crippen LogP contribution < -0.4 is 0 Å². The molecule has 70 valence electrons. The summed E-state index contributed by atoms with van der Waals surface area (Å²) in [6.07, 6.45) is 0. The first kappa shape index (κ1) is 9.52. The number of morpholine rings is 1. The number of ether oxygens (including phenoxy) is 1. The molecule has 1 aliphatic rings. The van der Waals surface area contributed by atoms with Gasteiger partial charge in [0.15, 0.2) is 0 Å². The van der Waals surface area contributed by atoms with E-state index in [1.54, 1.807) is 0 Å². The van der Waals surface area contributed by atoms with Crippen LogP contribution in [0.4, 0.5) is 0 Å². The molecule has 1 saturated heterocycles. The van der Waals surface area contributed by atoms with Gasteiger partial charge >= 0.3 is 5.97 Å². The average molecular weight is 171 g/mol. The van der Waals surface area contributed by atoms with Crippen molar-refractivity contribution in [3.63, 3.8) is 0 Å². The fraction of sp³-hybridized carbons (Fsp3) is 0.889. The van der Waals surface area contributed by atoms with Crippen LogP contribution in [0.5, 0.6) is 0 Å². The van der Waals surface area contributed by atoms with Crippen molar-refractivity contribution in [2.45, 2.75) is 26.8 Å². The van der Waals surface area contributed by atoms with Gasteiger partial charge in [-0.2, -0.15) is 0 Å². The van der Waals surface area contributed by atoms with Gasteiger partial charge < -0.3 is 4.74 Å². The zero-order chi connectivity index (χ0) is 9.35. The van der Waals surface area contributed by atoms with E-state index >= 15 is 0 Å². The molecule has 1 unspecified atom stereocenters. The monoisotopic (exact) mass is 171 g/mol. The van der Waals surface area contributed by atoms with E-state index in [9.17, 15) is 4.79 Å². The molecule has 1 fully saturated rings. The van der Waals surface area contributed by atoms with Crippen molar-refractivity contribution in [1.29, 1.82) is 0 Å². The van der Waals surface area contributed by atoms with Gasteiger partial charge in [0.05, 0.1) is 0 Å². The van der Waals surface area contributed by atoms with Crippen LogP contribution in [0.3, 0.4) is 0 Å². The average Bonchev–Trinajstić information content (AvgIpc) is 1.82. The molecule has 0 aromatic heterocycles. The van der Waals surface area contributed by atoms with Crippen molar-refractivity contribution in [3.8, 4) is 0 Å². The summed E-state index contributed by atoms with van der Waals surface area (Å²) in [4.78, 5) is 13.4. The molecule has 0 aromatic rings. The minimum atomic E-state index is -0.0914. The normalized spacial score (nSPS) is 27.0. The van der Waals surface area contributed by atoms with E-state index in [0.29, 0.717) is 6.61 Å². The molecule has 0 bridgehead atoms. The molecule has 0 aliphatic carbocycles. The third-order valence-corrected chi connectivity index (χ3v) is 2.17. The molecule has 0 radical (unpaired) electrons. The molecule has 1 heterocycles. The Morgan fingerprint density at radius 3 is 2.42 bits per heavy atom. The van der Waals surface area contributed by atoms with Crippen LogP contribution in [-0.2, 0) is 9.53 Å². The fourth-order valence-corrected chi connectivity index (χ4v) is 1.69. The smallest absolute Gasteiger partial charge is 0.323 e. The zero-order valence-electron chi connectivity index (χ0n) is 8.26. The molecule has 0 spiro atoms. The lowest BCUT2D eigenvalue weighted by atomic mass is 9.85. The van der Waals surface area contributed by atoms with Crippen molar-refractivity contribution in [2.24, 2.45) is 5.41 Å². The summed E-state index contributed by atoms with van der Waals surface area (Å²) in [5.41, 5.74) is -0.0355. The van der Waals surface area contributed by atoms with E-state index < -0.39 is 0 Å². The number of rotatable bonds is 0. The number of esters is 1. The summed E-state index contributed by atoms with van der Waals surface area (Å²) in [6.45, 7) is 7.54. The third kappa shape index (κ3) is 1.78. The van der Waals surface area contributed by atoms with E-state index in [1.165, 1.54) is 0 Å². The summed E-state index contributed by atoms with van der Waals surface area (Å²) in [6, 6.07) is -0.0914. The van der Waals surface area contributed by atoms with Crippen LogP contribution in [0.15, 0.2) is 0 Å². The minimum Gasteiger partial charge on any atom is -0.463 e. The molecule has 1 rings (SSSR count). The molecule has 3 nitrogen and oxygen atoms in total. The van der Waals surface area contributed by atoms with E-state index in [2.05, 4.69) is 25.7 Å². The van der Waals surface area contributed by atoms with Crippen LogP contribution in [0.1, 0.15) is 20.8 Å². The Bertz CT molecular complexity index is 183. The summed E-state index contributed by atoms with van der Waals surface area (Å²) >= 11 is 0. The minimum absolute atomic E-state index is 0.0355. The van der Waals surface area contributed by atoms with Gasteiger partial charge in [-0.3, -0.25) is 9.69 Å². The second-order valence-electron chi connectivity index (χ2n) is 4.42. The maximum Gasteiger partial charge on any atom is 0.323 e. The molecule has 1 atom stereocenters. The Hall–Kier alpha value is -0.570. The number of carbonyl (C=O) groups excluding carboxylic acids is 1. The summed E-state index contributed by atoms with van der Waals surface area (Å²) < 4.78 is 5.01. The maximum absolute atomic E-state index is 11.4. The van der Waals surface area contributed by atoms with Gasteiger partial charge in [0.2, 0.25) is 0 Å². The number of nitrogens with zero attached hydrogens (tertiary/aromatic N) is 1. The lowest BCUT2D eigenvalue weighted by molar-refractivity contribution is -0.161. The second-order valence-corrected chi connectivity index (χ2v) is 4.42. The predicted molar refractivity (Wildman–Crippen MR) is 46.8 cm³/mol. The summed E-state index contributed by atoms with van der Waals surface area (Å²) in [5, 5.41) is 0. The van der Waals surface area contributed by atoms with Gasteiger partial charge in [0, 0.05) is 6.54 Å². The van der Waals surface area contributed by atoms with E-state index in [1.807, 2.05) is 7.05 Å². The zero-order valence-corrected chi connectivity index (χ0v) is 8.26. The quantitative estimate of drug-likeness (QED) is 0.507. The van der Waals surface area contributed by atoms with Crippen molar-refractivity contribution >= 4 is 5.97 Å². The first-order valence-corrected chi connectivity index (χ1v) is 4.30. The van der Waals surface area contributed by atoms with Crippen LogP contribution >= 0.6 is 0 Å². The second kappa shape index (κ2) is 3.05. The van der Waals surface area contributed by atoms with Crippen molar-refractivity contribution in [3.05, 3.63) is 0 Å². The summed E-state index contributed by atoms with van der Waals surface area (Å²) in [7, 11) is 1.97. The maximum atomic E-state index is 11.4. The fourth-order valence-electron chi connectivity index (χ4n) is 1.69. The number of cyclic esters (lactones) is 1. The van der Waals surface area contributed by atoms with E-state index in [4.69, 9.17) is 4.74 Å². The lowest BCUT2D eigenvalue weighted by Gasteiger charge is -2.38. The molecule has 3 heteroatoms. The number of hydrogen-bond acceptors (Lipinski definition) is 3. The topological polar surface area (TPSA) is 29.5 Å². The summed E-state index contributed by atoms with van der Waals surface area (Å²) in [5.74, 6) is -0.0868. The SMILES string of the molecule is CN1CCOC(=O)C1C(C)(C)C. The largest absolute Gasteiger partial charge is 0.463 e. The number of likely N-dealkylation sites (N-methyl/N-ethyl adjacent to an activating group) is 1. The molecule has 12 heavy (non-hydrogen) atoms.